The lowest BCUT2D eigenvalue weighted by molar-refractivity contribution is -0.138. The van der Waals surface area contributed by atoms with Crippen LogP contribution in [0.15, 0.2) is 48.8 Å². The molecule has 0 saturated heterocycles. The third-order valence-electron chi connectivity index (χ3n) is 2.94. The summed E-state index contributed by atoms with van der Waals surface area (Å²) in [7, 11) is 0. The number of carboxylic acids is 1. The van der Waals surface area contributed by atoms with Crippen LogP contribution in [0.3, 0.4) is 0 Å². The molecule has 1 unspecified atom stereocenters. The van der Waals surface area contributed by atoms with E-state index in [1.807, 2.05) is 12.1 Å². The summed E-state index contributed by atoms with van der Waals surface area (Å²) in [6.45, 7) is 0.194. The van der Waals surface area contributed by atoms with Crippen LogP contribution >= 0.6 is 0 Å². The molecule has 0 radical (unpaired) electrons. The van der Waals surface area contributed by atoms with Crippen molar-refractivity contribution in [3.63, 3.8) is 0 Å². The van der Waals surface area contributed by atoms with E-state index in [9.17, 15) is 9.90 Å². The topological polar surface area (TPSA) is 86.0 Å². The smallest absolute Gasteiger partial charge is 0.312 e. The highest BCUT2D eigenvalue weighted by molar-refractivity contribution is 5.77. The maximum Gasteiger partial charge on any atom is 0.312 e. The highest BCUT2D eigenvalue weighted by atomic mass is 16.4. The molecule has 2 aromatic rings. The SMILES string of the molecule is N#Cc1ccncc1NCC(C(=O)O)c1ccccc1. The van der Waals surface area contributed by atoms with Crippen molar-refractivity contribution < 1.29 is 9.90 Å². The Morgan fingerprint density at radius 3 is 2.75 bits per heavy atom. The lowest BCUT2D eigenvalue weighted by Gasteiger charge is -2.15. The van der Waals surface area contributed by atoms with E-state index in [2.05, 4.69) is 10.3 Å². The molecule has 0 aliphatic heterocycles. The summed E-state index contributed by atoms with van der Waals surface area (Å²) in [5, 5.41) is 21.3. The Labute approximate surface area is 116 Å². The Bertz CT molecular complexity index is 635. The number of hydrogen-bond acceptors (Lipinski definition) is 4. The van der Waals surface area contributed by atoms with Crippen LogP contribution in [0.2, 0.25) is 0 Å². The molecule has 20 heavy (non-hydrogen) atoms. The molecule has 0 aliphatic rings. The minimum atomic E-state index is -0.911. The molecule has 5 heteroatoms. The second kappa shape index (κ2) is 6.34. The number of aromatic nitrogens is 1. The standard InChI is InChI=1S/C15H13N3O2/c16-8-12-6-7-17-10-14(12)18-9-13(15(19)20)11-4-2-1-3-5-11/h1-7,10,13,18H,9H2,(H,19,20). The molecule has 1 atom stereocenters. The fraction of sp³-hybridized carbons (Fsp3) is 0.133. The zero-order valence-corrected chi connectivity index (χ0v) is 10.7. The molecular formula is C15H13N3O2. The molecule has 2 N–H and O–H groups in total. The van der Waals surface area contributed by atoms with Gasteiger partial charge in [0.1, 0.15) is 6.07 Å². The quantitative estimate of drug-likeness (QED) is 0.867. The fourth-order valence-electron chi connectivity index (χ4n) is 1.88. The molecule has 1 aromatic carbocycles. The number of pyridine rings is 1. The van der Waals surface area contributed by atoms with Crippen molar-refractivity contribution in [3.8, 4) is 6.07 Å². The van der Waals surface area contributed by atoms with Crippen LogP contribution in [0, 0.1) is 11.3 Å². The summed E-state index contributed by atoms with van der Waals surface area (Å²) < 4.78 is 0. The molecule has 2 rings (SSSR count). The number of rotatable bonds is 5. The second-order valence-electron chi connectivity index (χ2n) is 4.22. The number of carboxylic acid groups (broad SMARTS) is 1. The number of aliphatic carboxylic acids is 1. The van der Waals surface area contributed by atoms with Gasteiger partial charge in [-0.05, 0) is 11.6 Å². The minimum absolute atomic E-state index is 0.194. The number of benzene rings is 1. The van der Waals surface area contributed by atoms with Crippen LogP contribution in [0.1, 0.15) is 17.0 Å². The molecule has 0 fully saturated rings. The maximum absolute atomic E-state index is 11.4. The molecule has 0 aliphatic carbocycles. The minimum Gasteiger partial charge on any atom is -0.481 e. The monoisotopic (exact) mass is 267 g/mol. The number of nitrogens with zero attached hydrogens (tertiary/aromatic N) is 2. The first-order chi connectivity index (χ1) is 9.72. The van der Waals surface area contributed by atoms with Crippen LogP contribution in [0.4, 0.5) is 5.69 Å². The third-order valence-corrected chi connectivity index (χ3v) is 2.94. The Hall–Kier alpha value is -2.87. The maximum atomic E-state index is 11.4. The van der Waals surface area contributed by atoms with Gasteiger partial charge in [-0.1, -0.05) is 30.3 Å². The van der Waals surface area contributed by atoms with Crippen LogP contribution in [-0.2, 0) is 4.79 Å². The zero-order valence-electron chi connectivity index (χ0n) is 10.7. The van der Waals surface area contributed by atoms with Gasteiger partial charge in [0, 0.05) is 12.7 Å². The average molecular weight is 267 g/mol. The van der Waals surface area contributed by atoms with Gasteiger partial charge in [0.2, 0.25) is 0 Å². The van der Waals surface area contributed by atoms with Gasteiger partial charge in [-0.2, -0.15) is 5.26 Å². The average Bonchev–Trinajstić information content (AvgIpc) is 2.48. The molecule has 1 heterocycles. The number of nitriles is 1. The van der Waals surface area contributed by atoms with Crippen molar-refractivity contribution in [2.75, 3.05) is 11.9 Å². The first-order valence-corrected chi connectivity index (χ1v) is 6.08. The van der Waals surface area contributed by atoms with E-state index >= 15 is 0 Å². The van der Waals surface area contributed by atoms with E-state index in [0.717, 1.165) is 5.56 Å². The van der Waals surface area contributed by atoms with Gasteiger partial charge in [0.05, 0.1) is 23.4 Å². The second-order valence-corrected chi connectivity index (χ2v) is 4.22. The van der Waals surface area contributed by atoms with E-state index in [4.69, 9.17) is 5.26 Å². The van der Waals surface area contributed by atoms with Crippen molar-refractivity contribution >= 4 is 11.7 Å². The zero-order chi connectivity index (χ0) is 14.4. The third kappa shape index (κ3) is 3.12. The van der Waals surface area contributed by atoms with Crippen LogP contribution in [0.5, 0.6) is 0 Å². The van der Waals surface area contributed by atoms with Gasteiger partial charge >= 0.3 is 5.97 Å². The van der Waals surface area contributed by atoms with E-state index in [1.54, 1.807) is 30.3 Å². The van der Waals surface area contributed by atoms with Crippen molar-refractivity contribution in [1.29, 1.82) is 5.26 Å². The van der Waals surface area contributed by atoms with Gasteiger partial charge in [-0.25, -0.2) is 0 Å². The predicted molar refractivity (Wildman–Crippen MR) is 74.3 cm³/mol. The molecule has 0 bridgehead atoms. The van der Waals surface area contributed by atoms with Gasteiger partial charge in [0.15, 0.2) is 0 Å². The number of nitrogens with one attached hydrogen (secondary N) is 1. The fourth-order valence-corrected chi connectivity index (χ4v) is 1.88. The summed E-state index contributed by atoms with van der Waals surface area (Å²) in [4.78, 5) is 15.3. The molecular weight excluding hydrogens is 254 g/mol. The van der Waals surface area contributed by atoms with E-state index < -0.39 is 11.9 Å². The molecule has 0 amide bonds. The van der Waals surface area contributed by atoms with E-state index in [-0.39, 0.29) is 6.54 Å². The van der Waals surface area contributed by atoms with E-state index in [0.29, 0.717) is 11.3 Å². The van der Waals surface area contributed by atoms with Crippen molar-refractivity contribution in [1.82, 2.24) is 4.98 Å². The van der Waals surface area contributed by atoms with Gasteiger partial charge in [-0.15, -0.1) is 0 Å². The lowest BCUT2D eigenvalue weighted by Crippen LogP contribution is -2.21. The first-order valence-electron chi connectivity index (χ1n) is 6.08. The molecule has 5 nitrogen and oxygen atoms in total. The normalized spacial score (nSPS) is 11.3. The van der Waals surface area contributed by atoms with E-state index in [1.165, 1.54) is 12.4 Å². The number of hydrogen-bond donors (Lipinski definition) is 2. The van der Waals surface area contributed by atoms with Gasteiger partial charge in [0.25, 0.3) is 0 Å². The van der Waals surface area contributed by atoms with Crippen LogP contribution < -0.4 is 5.32 Å². The summed E-state index contributed by atoms with van der Waals surface area (Å²) in [6, 6.07) is 12.6. The highest BCUT2D eigenvalue weighted by Crippen LogP contribution is 2.18. The van der Waals surface area contributed by atoms with Crippen molar-refractivity contribution in [3.05, 3.63) is 59.9 Å². The Balaban J connectivity index is 2.15. The first kappa shape index (κ1) is 13.6. The molecule has 100 valence electrons. The summed E-state index contributed by atoms with van der Waals surface area (Å²) in [5.41, 5.74) is 1.70. The molecule has 1 aromatic heterocycles. The van der Waals surface area contributed by atoms with Crippen LogP contribution in [-0.4, -0.2) is 22.6 Å². The molecule has 0 spiro atoms. The number of anilines is 1. The Morgan fingerprint density at radius 1 is 1.35 bits per heavy atom. The van der Waals surface area contributed by atoms with Crippen molar-refractivity contribution in [2.45, 2.75) is 5.92 Å². The Morgan fingerprint density at radius 2 is 2.10 bits per heavy atom. The summed E-state index contributed by atoms with van der Waals surface area (Å²) >= 11 is 0. The summed E-state index contributed by atoms with van der Waals surface area (Å²) in [6.07, 6.45) is 3.04. The largest absolute Gasteiger partial charge is 0.481 e. The highest BCUT2D eigenvalue weighted by Gasteiger charge is 2.19. The number of carbonyl (C=O) groups is 1. The van der Waals surface area contributed by atoms with Crippen molar-refractivity contribution in [2.24, 2.45) is 0 Å². The van der Waals surface area contributed by atoms with Gasteiger partial charge in [-0.3, -0.25) is 9.78 Å². The lowest BCUT2D eigenvalue weighted by atomic mass is 9.99. The van der Waals surface area contributed by atoms with Gasteiger partial charge < -0.3 is 10.4 Å². The van der Waals surface area contributed by atoms with Crippen LogP contribution in [0.25, 0.3) is 0 Å². The Kier molecular flexibility index (Phi) is 4.30. The predicted octanol–water partition coefficient (Wildman–Crippen LogP) is 2.23. The summed E-state index contributed by atoms with van der Waals surface area (Å²) in [5.74, 6) is -1.59. The molecule has 0 saturated carbocycles.